The quantitative estimate of drug-likeness (QED) is 0.471. The average Bonchev–Trinajstić information content (AvgIpc) is 3.29. The van der Waals surface area contributed by atoms with E-state index in [1.807, 2.05) is 77.5 Å². The monoisotopic (exact) mass is 443 g/mol. The van der Waals surface area contributed by atoms with Gasteiger partial charge in [0.05, 0.1) is 18.3 Å². The molecule has 4 aromatic rings. The summed E-state index contributed by atoms with van der Waals surface area (Å²) in [6.07, 6.45) is 0. The zero-order valence-electron chi connectivity index (χ0n) is 15.5. The van der Waals surface area contributed by atoms with Crippen molar-refractivity contribution in [3.8, 4) is 11.3 Å². The van der Waals surface area contributed by atoms with Crippen molar-refractivity contribution in [3.05, 3.63) is 112 Å². The third-order valence-electron chi connectivity index (χ3n) is 5.19. The van der Waals surface area contributed by atoms with Crippen LogP contribution in [0.1, 0.15) is 33.2 Å². The topological polar surface area (TPSA) is 46.9 Å². The van der Waals surface area contributed by atoms with Crippen LogP contribution in [0.4, 0.5) is 0 Å². The van der Waals surface area contributed by atoms with E-state index < -0.39 is 0 Å². The van der Waals surface area contributed by atoms with Gasteiger partial charge in [-0.05, 0) is 23.3 Å². The van der Waals surface area contributed by atoms with Gasteiger partial charge < -0.3 is 5.32 Å². The molecule has 5 rings (SSSR count). The summed E-state index contributed by atoms with van der Waals surface area (Å²) in [6, 6.07) is 28.0. The van der Waals surface area contributed by atoms with Crippen LogP contribution in [0.25, 0.3) is 11.3 Å². The SMILES string of the molecule is O=C1NC(c2ccc(Br)cc2)c2c(-c3ccccc3)nn(Cc3ccccc3)c21. The Morgan fingerprint density at radius 1 is 0.897 bits per heavy atom. The third-order valence-corrected chi connectivity index (χ3v) is 5.72. The van der Waals surface area contributed by atoms with Crippen LogP contribution in [0, 0.1) is 0 Å². The number of aromatic nitrogens is 2. The lowest BCUT2D eigenvalue weighted by molar-refractivity contribution is 0.0951. The van der Waals surface area contributed by atoms with Gasteiger partial charge in [0.2, 0.25) is 0 Å². The Kier molecular flexibility index (Phi) is 4.52. The molecule has 5 heteroatoms. The minimum absolute atomic E-state index is 0.0847. The second-order valence-electron chi connectivity index (χ2n) is 7.08. The lowest BCUT2D eigenvalue weighted by atomic mass is 9.97. The minimum Gasteiger partial charge on any atom is -0.340 e. The smallest absolute Gasteiger partial charge is 0.270 e. The fourth-order valence-electron chi connectivity index (χ4n) is 3.85. The van der Waals surface area contributed by atoms with Crippen LogP contribution >= 0.6 is 15.9 Å². The number of nitrogens with zero attached hydrogens (tertiary/aromatic N) is 2. The summed E-state index contributed by atoms with van der Waals surface area (Å²) in [5.74, 6) is -0.0847. The molecule has 4 nitrogen and oxygen atoms in total. The maximum atomic E-state index is 13.0. The van der Waals surface area contributed by atoms with Crippen molar-refractivity contribution in [1.82, 2.24) is 15.1 Å². The van der Waals surface area contributed by atoms with Crippen molar-refractivity contribution in [2.45, 2.75) is 12.6 Å². The van der Waals surface area contributed by atoms with Crippen LogP contribution in [0.5, 0.6) is 0 Å². The van der Waals surface area contributed by atoms with Crippen molar-refractivity contribution in [3.63, 3.8) is 0 Å². The fourth-order valence-corrected chi connectivity index (χ4v) is 4.11. The zero-order chi connectivity index (χ0) is 19.8. The summed E-state index contributed by atoms with van der Waals surface area (Å²) in [5.41, 5.74) is 5.59. The first-order valence-electron chi connectivity index (χ1n) is 9.47. The molecule has 2 heterocycles. The number of rotatable bonds is 4. The molecule has 0 saturated carbocycles. The Morgan fingerprint density at radius 2 is 1.55 bits per heavy atom. The molecule has 1 aromatic heterocycles. The van der Waals surface area contributed by atoms with E-state index in [1.165, 1.54) is 0 Å². The van der Waals surface area contributed by atoms with Gasteiger partial charge in [0.15, 0.2) is 0 Å². The maximum absolute atomic E-state index is 13.0. The highest BCUT2D eigenvalue weighted by atomic mass is 79.9. The van der Waals surface area contributed by atoms with Gasteiger partial charge in [-0.1, -0.05) is 88.7 Å². The number of amides is 1. The number of carbonyl (C=O) groups excluding carboxylic acids is 1. The van der Waals surface area contributed by atoms with Crippen LogP contribution in [-0.2, 0) is 6.54 Å². The number of carbonyl (C=O) groups is 1. The molecule has 1 amide bonds. The first kappa shape index (κ1) is 17.9. The number of hydrogen-bond acceptors (Lipinski definition) is 2. The Morgan fingerprint density at radius 3 is 2.24 bits per heavy atom. The van der Waals surface area contributed by atoms with E-state index in [9.17, 15) is 4.79 Å². The molecule has 0 saturated heterocycles. The Balaban J connectivity index is 1.67. The number of hydrogen-bond donors (Lipinski definition) is 1. The predicted octanol–water partition coefficient (Wildman–Crippen LogP) is 5.19. The highest BCUT2D eigenvalue weighted by molar-refractivity contribution is 9.10. The molecular weight excluding hydrogens is 426 g/mol. The van der Waals surface area contributed by atoms with E-state index in [-0.39, 0.29) is 11.9 Å². The fraction of sp³-hybridized carbons (Fsp3) is 0.0833. The maximum Gasteiger partial charge on any atom is 0.270 e. The van der Waals surface area contributed by atoms with Crippen molar-refractivity contribution >= 4 is 21.8 Å². The predicted molar refractivity (Wildman–Crippen MR) is 117 cm³/mol. The van der Waals surface area contributed by atoms with E-state index in [0.29, 0.717) is 12.2 Å². The van der Waals surface area contributed by atoms with Gasteiger partial charge in [-0.3, -0.25) is 9.48 Å². The molecule has 3 aromatic carbocycles. The second kappa shape index (κ2) is 7.33. The second-order valence-corrected chi connectivity index (χ2v) is 7.99. The van der Waals surface area contributed by atoms with E-state index in [0.717, 1.165) is 32.4 Å². The van der Waals surface area contributed by atoms with Crippen LogP contribution < -0.4 is 5.32 Å². The molecule has 0 radical (unpaired) electrons. The van der Waals surface area contributed by atoms with Crippen LogP contribution in [-0.4, -0.2) is 15.7 Å². The molecule has 0 fully saturated rings. The molecule has 1 N–H and O–H groups in total. The lowest BCUT2D eigenvalue weighted by Crippen LogP contribution is -2.23. The number of nitrogens with one attached hydrogen (secondary N) is 1. The minimum atomic E-state index is -0.217. The van der Waals surface area contributed by atoms with Crippen molar-refractivity contribution in [2.24, 2.45) is 0 Å². The van der Waals surface area contributed by atoms with Gasteiger partial charge in [0, 0.05) is 15.6 Å². The molecule has 0 bridgehead atoms. The summed E-state index contributed by atoms with van der Waals surface area (Å²) >= 11 is 3.49. The number of halogens is 1. The molecule has 142 valence electrons. The molecule has 1 aliphatic rings. The van der Waals surface area contributed by atoms with Crippen molar-refractivity contribution in [1.29, 1.82) is 0 Å². The summed E-state index contributed by atoms with van der Waals surface area (Å²) in [4.78, 5) is 13.0. The summed E-state index contributed by atoms with van der Waals surface area (Å²) < 4.78 is 2.84. The van der Waals surface area contributed by atoms with Gasteiger partial charge in [-0.2, -0.15) is 5.10 Å². The molecule has 1 aliphatic heterocycles. The van der Waals surface area contributed by atoms with E-state index >= 15 is 0 Å². The van der Waals surface area contributed by atoms with Gasteiger partial charge in [0.1, 0.15) is 5.69 Å². The molecule has 0 spiro atoms. The average molecular weight is 444 g/mol. The largest absolute Gasteiger partial charge is 0.340 e. The van der Waals surface area contributed by atoms with Crippen molar-refractivity contribution < 1.29 is 4.79 Å². The Bertz CT molecular complexity index is 1170. The van der Waals surface area contributed by atoms with Gasteiger partial charge in [0.25, 0.3) is 5.91 Å². The molecule has 29 heavy (non-hydrogen) atoms. The van der Waals surface area contributed by atoms with E-state index in [2.05, 4.69) is 33.4 Å². The lowest BCUT2D eigenvalue weighted by Gasteiger charge is -2.13. The Labute approximate surface area is 177 Å². The molecule has 1 unspecified atom stereocenters. The number of fused-ring (bicyclic) bond motifs is 1. The van der Waals surface area contributed by atoms with Crippen molar-refractivity contribution in [2.75, 3.05) is 0 Å². The van der Waals surface area contributed by atoms with E-state index in [4.69, 9.17) is 5.10 Å². The third kappa shape index (κ3) is 3.28. The van der Waals surface area contributed by atoms with Crippen LogP contribution in [0.3, 0.4) is 0 Å². The number of benzene rings is 3. The van der Waals surface area contributed by atoms with Gasteiger partial charge in [-0.25, -0.2) is 0 Å². The Hall–Kier alpha value is -3.18. The highest BCUT2D eigenvalue weighted by Gasteiger charge is 2.37. The zero-order valence-corrected chi connectivity index (χ0v) is 17.1. The normalized spacial score (nSPS) is 15.2. The summed E-state index contributed by atoms with van der Waals surface area (Å²) in [5, 5.41) is 8.04. The highest BCUT2D eigenvalue weighted by Crippen LogP contribution is 2.38. The van der Waals surface area contributed by atoms with Crippen LogP contribution in [0.15, 0.2) is 89.4 Å². The summed E-state index contributed by atoms with van der Waals surface area (Å²) in [6.45, 7) is 0.552. The van der Waals surface area contributed by atoms with E-state index in [1.54, 1.807) is 0 Å². The molecular formula is C24H18BrN3O. The van der Waals surface area contributed by atoms with Gasteiger partial charge in [-0.15, -0.1) is 0 Å². The molecule has 1 atom stereocenters. The first-order valence-corrected chi connectivity index (χ1v) is 10.3. The standard InChI is InChI=1S/C24H18BrN3O/c25-19-13-11-18(12-14-19)21-20-22(17-9-5-2-6-10-17)27-28(23(20)24(29)26-21)15-16-7-3-1-4-8-16/h1-14,21H,15H2,(H,26,29). The first-order chi connectivity index (χ1) is 14.2. The summed E-state index contributed by atoms with van der Waals surface area (Å²) in [7, 11) is 0. The van der Waals surface area contributed by atoms with Crippen LogP contribution in [0.2, 0.25) is 0 Å². The molecule has 0 aliphatic carbocycles. The van der Waals surface area contributed by atoms with Gasteiger partial charge >= 0.3 is 0 Å².